The molecule has 6 atom stereocenters. The van der Waals surface area contributed by atoms with Gasteiger partial charge >= 0.3 is 19.8 Å². The van der Waals surface area contributed by atoms with Gasteiger partial charge in [0.2, 0.25) is 0 Å². The Balaban J connectivity index is 2.49. The van der Waals surface area contributed by atoms with E-state index in [-0.39, 0.29) is 12.8 Å². The molecule has 1 saturated carbocycles. The molecule has 6 unspecified atom stereocenters. The summed E-state index contributed by atoms with van der Waals surface area (Å²) in [5.74, 6) is -1.20. The minimum atomic E-state index is -5.14. The van der Waals surface area contributed by atoms with Crippen LogP contribution in [0.15, 0.2) is 72.9 Å². The lowest BCUT2D eigenvalue weighted by Gasteiger charge is -2.41. The van der Waals surface area contributed by atoms with Crippen molar-refractivity contribution in [3.05, 3.63) is 72.9 Å². The molecule has 1 fully saturated rings. The normalized spacial score (nSPS) is 22.2. The fourth-order valence-electron chi connectivity index (χ4n) is 6.96. The molecule has 0 aliphatic heterocycles. The van der Waals surface area contributed by atoms with Gasteiger partial charge in [-0.15, -0.1) is 0 Å². The third-order valence-electron chi connectivity index (χ3n) is 10.8. The van der Waals surface area contributed by atoms with E-state index in [0.717, 1.165) is 51.4 Å². The molecular weight excluding hydrogens is 840 g/mol. The Labute approximate surface area is 385 Å². The van der Waals surface area contributed by atoms with Gasteiger partial charge in [0.1, 0.15) is 43.2 Å². The number of aliphatic hydroxyl groups is 5. The van der Waals surface area contributed by atoms with Crippen LogP contribution in [-0.2, 0) is 32.7 Å². The van der Waals surface area contributed by atoms with Crippen LogP contribution in [-0.4, -0.2) is 98.3 Å². The summed E-state index contributed by atoms with van der Waals surface area (Å²) in [6.07, 6.45) is 36.8. The van der Waals surface area contributed by atoms with Gasteiger partial charge in [0.25, 0.3) is 0 Å². The van der Waals surface area contributed by atoms with Gasteiger partial charge in [0, 0.05) is 12.8 Å². The van der Waals surface area contributed by atoms with Crippen molar-refractivity contribution in [1.29, 1.82) is 0 Å². The number of unbranched alkanes of at least 4 members (excludes halogenated alkanes) is 15. The van der Waals surface area contributed by atoms with Crippen LogP contribution in [0.4, 0.5) is 0 Å². The minimum Gasteiger partial charge on any atom is -0.462 e. The first-order chi connectivity index (χ1) is 30.9. The van der Waals surface area contributed by atoms with Crippen molar-refractivity contribution in [2.24, 2.45) is 0 Å². The fraction of sp³-hybridized carbons (Fsp3) is 0.720. The number of rotatable bonds is 39. The average molecular weight is 925 g/mol. The highest BCUT2D eigenvalue weighted by atomic mass is 31.2. The Morgan fingerprint density at radius 1 is 0.500 bits per heavy atom. The van der Waals surface area contributed by atoms with Crippen molar-refractivity contribution >= 4 is 19.8 Å². The maximum Gasteiger partial charge on any atom is 0.472 e. The van der Waals surface area contributed by atoms with Crippen LogP contribution in [0.3, 0.4) is 0 Å². The van der Waals surface area contributed by atoms with Crippen molar-refractivity contribution in [3.8, 4) is 0 Å². The van der Waals surface area contributed by atoms with Crippen LogP contribution in [0.2, 0.25) is 0 Å². The summed E-state index contributed by atoms with van der Waals surface area (Å²) in [6.45, 7) is 3.13. The van der Waals surface area contributed by atoms with E-state index in [1.54, 1.807) is 0 Å². The summed E-state index contributed by atoms with van der Waals surface area (Å²) in [5.41, 5.74) is 0. The molecule has 0 radical (unpaired) electrons. The van der Waals surface area contributed by atoms with E-state index in [0.29, 0.717) is 19.3 Å². The number of carbonyl (C=O) groups excluding carboxylic acids is 2. The van der Waals surface area contributed by atoms with Crippen LogP contribution < -0.4 is 0 Å². The molecule has 6 N–H and O–H groups in total. The molecule has 0 spiro atoms. The second-order valence-electron chi connectivity index (χ2n) is 16.6. The van der Waals surface area contributed by atoms with Gasteiger partial charge in [-0.2, -0.15) is 0 Å². The highest BCUT2D eigenvalue weighted by molar-refractivity contribution is 7.47. The molecule has 1 aliphatic carbocycles. The highest BCUT2D eigenvalue weighted by Gasteiger charge is 2.51. The van der Waals surface area contributed by atoms with Crippen LogP contribution in [0, 0.1) is 0 Å². The molecule has 0 aromatic rings. The van der Waals surface area contributed by atoms with E-state index in [4.69, 9.17) is 18.5 Å². The summed E-state index contributed by atoms with van der Waals surface area (Å²) < 4.78 is 33.5. The third kappa shape index (κ3) is 31.2. The molecule has 0 aromatic heterocycles. The van der Waals surface area contributed by atoms with Crippen molar-refractivity contribution < 1.29 is 63.1 Å². The van der Waals surface area contributed by atoms with Gasteiger partial charge in [0.05, 0.1) is 6.61 Å². The molecule has 64 heavy (non-hydrogen) atoms. The van der Waals surface area contributed by atoms with Crippen molar-refractivity contribution in [2.75, 3.05) is 13.2 Å². The number of hydrogen-bond donors (Lipinski definition) is 6. The molecule has 0 aromatic carbocycles. The van der Waals surface area contributed by atoms with E-state index in [1.807, 2.05) is 18.2 Å². The maximum absolute atomic E-state index is 12.8. The Kier molecular flexibility index (Phi) is 36.6. The smallest absolute Gasteiger partial charge is 0.462 e. The van der Waals surface area contributed by atoms with E-state index < -0.39 is 75.7 Å². The lowest BCUT2D eigenvalue weighted by Crippen LogP contribution is -2.64. The predicted octanol–water partition coefficient (Wildman–Crippen LogP) is 9.89. The summed E-state index contributed by atoms with van der Waals surface area (Å²) in [7, 11) is -5.14. The number of ether oxygens (including phenoxy) is 2. The van der Waals surface area contributed by atoms with Crippen molar-refractivity contribution in [3.63, 3.8) is 0 Å². The van der Waals surface area contributed by atoms with Crippen molar-refractivity contribution in [2.45, 2.75) is 217 Å². The SMILES string of the molecule is CC/C=C\C/C=C\C/C=C\C/C=C\C/C=C\C/C=C\CCC(=O)OC(COC(=O)CCCCCCCCCCCCCCCCCC)COP(=O)(O)OC1C(O)C(O)C(O)C(O)C1O. The van der Waals surface area contributed by atoms with Gasteiger partial charge in [-0.25, -0.2) is 4.57 Å². The topological polar surface area (TPSA) is 210 Å². The van der Waals surface area contributed by atoms with E-state index in [1.165, 1.54) is 77.0 Å². The monoisotopic (exact) mass is 925 g/mol. The molecule has 1 rings (SSSR count). The fourth-order valence-corrected chi connectivity index (χ4v) is 7.93. The second-order valence-corrected chi connectivity index (χ2v) is 18.0. The summed E-state index contributed by atoms with van der Waals surface area (Å²) in [5, 5.41) is 50.2. The number of carbonyl (C=O) groups is 2. The standard InChI is InChI=1S/C50H85O13P/c1-3-5-7-9-11-13-15-17-19-21-22-23-25-27-29-31-33-35-37-39-44(52)62-42(41-61-64(58,59)63-50-48(56)46(54)45(53)47(55)49(50)57)40-60-43(51)38-36-34-32-30-28-26-24-20-18-16-14-12-10-8-6-4-2/h5,7,11,13,17,19,22-23,27,29,33,35,42,45-50,53-57H,3-4,6,8-10,12,14-16,18,20-21,24-26,28,30-32,34,36-41H2,1-2H3,(H,58,59)/b7-5-,13-11-,19-17-,23-22-,29-27-,35-33-. The number of phosphoric ester groups is 1. The van der Waals surface area contributed by atoms with Crippen LogP contribution in [0.1, 0.15) is 174 Å². The minimum absolute atomic E-state index is 0.0301. The van der Waals surface area contributed by atoms with E-state index in [9.17, 15) is 44.6 Å². The first-order valence-electron chi connectivity index (χ1n) is 24.2. The van der Waals surface area contributed by atoms with Crippen LogP contribution >= 0.6 is 7.82 Å². The van der Waals surface area contributed by atoms with Gasteiger partial charge in [-0.3, -0.25) is 18.6 Å². The molecule has 0 bridgehead atoms. The first kappa shape index (κ1) is 59.3. The molecule has 1 aliphatic rings. The largest absolute Gasteiger partial charge is 0.472 e. The third-order valence-corrected chi connectivity index (χ3v) is 11.8. The highest BCUT2D eigenvalue weighted by Crippen LogP contribution is 2.47. The zero-order valence-electron chi connectivity index (χ0n) is 39.0. The van der Waals surface area contributed by atoms with Crippen molar-refractivity contribution in [1.82, 2.24) is 0 Å². The van der Waals surface area contributed by atoms with Crippen LogP contribution in [0.25, 0.3) is 0 Å². The Morgan fingerprint density at radius 3 is 1.33 bits per heavy atom. The van der Waals surface area contributed by atoms with Gasteiger partial charge in [-0.1, -0.05) is 183 Å². The Bertz CT molecular complexity index is 1390. The number of phosphoric acid groups is 1. The predicted molar refractivity (Wildman–Crippen MR) is 253 cm³/mol. The molecule has 368 valence electrons. The van der Waals surface area contributed by atoms with E-state index >= 15 is 0 Å². The molecule has 0 heterocycles. The maximum atomic E-state index is 12.8. The molecular formula is C50H85O13P. The Morgan fingerprint density at radius 2 is 0.891 bits per heavy atom. The summed E-state index contributed by atoms with van der Waals surface area (Å²) in [6, 6.07) is 0. The van der Waals surface area contributed by atoms with Gasteiger partial charge in [0.15, 0.2) is 6.10 Å². The average Bonchev–Trinajstić information content (AvgIpc) is 3.28. The second kappa shape index (κ2) is 39.5. The van der Waals surface area contributed by atoms with Gasteiger partial charge < -0.3 is 39.9 Å². The molecule has 0 saturated heterocycles. The number of hydrogen-bond acceptors (Lipinski definition) is 12. The Hall–Kier alpha value is -2.71. The zero-order chi connectivity index (χ0) is 47.1. The number of allylic oxidation sites excluding steroid dienone is 12. The molecule has 14 heteroatoms. The summed E-state index contributed by atoms with van der Waals surface area (Å²) in [4.78, 5) is 35.7. The summed E-state index contributed by atoms with van der Waals surface area (Å²) >= 11 is 0. The zero-order valence-corrected chi connectivity index (χ0v) is 39.9. The van der Waals surface area contributed by atoms with E-state index in [2.05, 4.69) is 68.5 Å². The number of aliphatic hydroxyl groups excluding tert-OH is 5. The molecule has 13 nitrogen and oxygen atoms in total. The molecule has 0 amide bonds. The first-order valence-corrected chi connectivity index (χ1v) is 25.7. The van der Waals surface area contributed by atoms with Gasteiger partial charge in [-0.05, 0) is 51.4 Å². The number of esters is 2. The quantitative estimate of drug-likeness (QED) is 0.0147. The lowest BCUT2D eigenvalue weighted by molar-refractivity contribution is -0.220. The lowest BCUT2D eigenvalue weighted by atomic mass is 9.85. The van der Waals surface area contributed by atoms with Crippen LogP contribution in [0.5, 0.6) is 0 Å².